The largest absolute Gasteiger partial charge is 2.00 e. The van der Waals surface area contributed by atoms with E-state index in [1.54, 1.807) is 0 Å². The SMILES string of the molecule is [O]=[Cr]([O-])([O-])=[S].[Pb+2]. The summed E-state index contributed by atoms with van der Waals surface area (Å²) < 4.78 is 26.9. The molecule has 0 saturated heterocycles. The quantitative estimate of drug-likeness (QED) is 0.469. The smallest absolute Gasteiger partial charge is 2.00 e. The van der Waals surface area contributed by atoms with Crippen molar-refractivity contribution in [3.63, 3.8) is 0 Å². The van der Waals surface area contributed by atoms with Crippen molar-refractivity contribution < 1.29 is 24.2 Å². The summed E-state index contributed by atoms with van der Waals surface area (Å²) in [6.45, 7) is 0. The fourth-order valence-corrected chi connectivity index (χ4v) is 0. The molecular weight excluding hydrogens is 339 g/mol. The van der Waals surface area contributed by atoms with Crippen LogP contribution in [0.25, 0.3) is 0 Å². The number of hydrogen-bond donors (Lipinski definition) is 0. The van der Waals surface area contributed by atoms with Gasteiger partial charge in [0, 0.05) is 0 Å². The van der Waals surface area contributed by atoms with Crippen molar-refractivity contribution >= 4 is 37.8 Å². The average molecular weight is 339 g/mol. The fourth-order valence-electron chi connectivity index (χ4n) is 0. The topological polar surface area (TPSA) is 63.2 Å². The van der Waals surface area contributed by atoms with Crippen LogP contribution in [0.15, 0.2) is 0 Å². The first-order chi connectivity index (χ1) is 2.00. The number of rotatable bonds is 0. The first-order valence-corrected chi connectivity index (χ1v) is 4.12. The summed E-state index contributed by atoms with van der Waals surface area (Å²) >= 11 is -4.92. The van der Waals surface area contributed by atoms with Gasteiger partial charge in [-0.25, -0.2) is 0 Å². The fraction of sp³-hybridized carbons (Fsp3) is 0. The maximum Gasteiger partial charge on any atom is 2.00 e. The van der Waals surface area contributed by atoms with Crippen molar-refractivity contribution in [3.05, 3.63) is 0 Å². The molecule has 34 valence electrons. The summed E-state index contributed by atoms with van der Waals surface area (Å²) in [4.78, 5) is 0. The van der Waals surface area contributed by atoms with Crippen molar-refractivity contribution in [2.75, 3.05) is 0 Å². The molecule has 0 heterocycles. The normalized spacial score (nSPS) is 9.67. The Bertz CT molecular complexity index is 94.0. The van der Waals surface area contributed by atoms with Crippen molar-refractivity contribution in [2.45, 2.75) is 0 Å². The van der Waals surface area contributed by atoms with Gasteiger partial charge in [-0.3, -0.25) is 0 Å². The van der Waals surface area contributed by atoms with E-state index in [0.717, 1.165) is 0 Å². The van der Waals surface area contributed by atoms with E-state index in [-0.39, 0.29) is 27.3 Å². The van der Waals surface area contributed by atoms with Crippen molar-refractivity contribution in [2.24, 2.45) is 0 Å². The Balaban J connectivity index is 0. The van der Waals surface area contributed by atoms with Crippen LogP contribution in [0.5, 0.6) is 0 Å². The molecule has 0 amide bonds. The van der Waals surface area contributed by atoms with Crippen LogP contribution in [0, 0.1) is 0 Å². The first-order valence-electron chi connectivity index (χ1n) is 0.667. The molecule has 6 heavy (non-hydrogen) atoms. The van der Waals surface area contributed by atoms with Crippen LogP contribution in [0.1, 0.15) is 0 Å². The molecule has 0 aromatic rings. The second-order valence-corrected chi connectivity index (χ2v) is 3.37. The van der Waals surface area contributed by atoms with Gasteiger partial charge in [-0.1, -0.05) is 0 Å². The summed E-state index contributed by atoms with van der Waals surface area (Å²) in [5.74, 6) is 0. The Labute approximate surface area is 61.5 Å². The van der Waals surface area contributed by atoms with Crippen LogP contribution in [0.3, 0.4) is 0 Å². The van der Waals surface area contributed by atoms with Crippen molar-refractivity contribution in [1.82, 2.24) is 0 Å². The van der Waals surface area contributed by atoms with E-state index >= 15 is 0 Å². The van der Waals surface area contributed by atoms with Gasteiger partial charge < -0.3 is 0 Å². The minimum atomic E-state index is -4.92. The average Bonchev–Trinajstić information content (AvgIpc) is 0.722. The molecule has 0 saturated carbocycles. The van der Waals surface area contributed by atoms with Gasteiger partial charge in [0.15, 0.2) is 0 Å². The molecule has 0 spiro atoms. The molecule has 0 aliphatic rings. The maximum atomic E-state index is 8.96. The van der Waals surface area contributed by atoms with Gasteiger partial charge in [-0.05, 0) is 0 Å². The second kappa shape index (κ2) is 3.40. The summed E-state index contributed by atoms with van der Waals surface area (Å²) in [5, 5.41) is 0. The van der Waals surface area contributed by atoms with E-state index in [9.17, 15) is 0 Å². The Hall–Kier alpha value is 1.39. The molecule has 0 bridgehead atoms. The molecule has 2 radical (unpaired) electrons. The van der Waals surface area contributed by atoms with E-state index in [4.69, 9.17) is 12.1 Å². The molecule has 0 aromatic heterocycles. The second-order valence-electron chi connectivity index (χ2n) is 0.408. The monoisotopic (exact) mass is 340 g/mol. The third kappa shape index (κ3) is 53.6. The van der Waals surface area contributed by atoms with Gasteiger partial charge in [0.05, 0.1) is 0 Å². The summed E-state index contributed by atoms with van der Waals surface area (Å²) in [5.41, 5.74) is 0. The van der Waals surface area contributed by atoms with Gasteiger partial charge in [-0.2, -0.15) is 0 Å². The van der Waals surface area contributed by atoms with Crippen molar-refractivity contribution in [1.29, 1.82) is 0 Å². The Morgan fingerprint density at radius 2 is 1.50 bits per heavy atom. The zero-order valence-electron chi connectivity index (χ0n) is 2.54. The minimum absolute atomic E-state index is 0. The van der Waals surface area contributed by atoms with Crippen LogP contribution in [0.4, 0.5) is 0 Å². The molecule has 0 atom stereocenters. The molecule has 0 N–H and O–H groups in total. The zero-order valence-corrected chi connectivity index (χ0v) is 8.52. The molecule has 3 nitrogen and oxygen atoms in total. The van der Waals surface area contributed by atoms with Crippen LogP contribution < -0.4 is 8.32 Å². The molecular formula is CrO3PbS. The van der Waals surface area contributed by atoms with Crippen LogP contribution >= 0.6 is 10.5 Å². The van der Waals surface area contributed by atoms with Crippen LogP contribution in [0.2, 0.25) is 0 Å². The van der Waals surface area contributed by atoms with E-state index in [1.807, 2.05) is 0 Å². The third-order valence-corrected chi connectivity index (χ3v) is 0. The zero-order chi connectivity index (χ0) is 4.50. The Kier molecular flexibility index (Phi) is 5.89. The molecule has 0 fully saturated rings. The minimum Gasteiger partial charge on any atom is 2.00 e. The molecule has 6 heteroatoms. The van der Waals surface area contributed by atoms with E-state index in [1.165, 1.54) is 0 Å². The third-order valence-electron chi connectivity index (χ3n) is 0. The van der Waals surface area contributed by atoms with Crippen LogP contribution in [-0.4, -0.2) is 27.3 Å². The predicted molar refractivity (Wildman–Crippen MR) is 14.0 cm³/mol. The predicted octanol–water partition coefficient (Wildman–Crippen LogP) is -2.23. The van der Waals surface area contributed by atoms with Gasteiger partial charge in [0.1, 0.15) is 0 Å². The number of hydrogen-bond acceptors (Lipinski definition) is 4. The molecule has 0 aliphatic heterocycles. The molecule has 0 rings (SSSR count). The van der Waals surface area contributed by atoms with Crippen LogP contribution in [-0.2, 0) is 15.8 Å². The molecule has 0 unspecified atom stereocenters. The molecule has 0 aliphatic carbocycles. The standard InChI is InChI=1S/Cr.3O.Pb.S/q;;2*-1;+2;. The van der Waals surface area contributed by atoms with E-state index in [2.05, 4.69) is 10.5 Å². The first kappa shape index (κ1) is 10.4. The summed E-state index contributed by atoms with van der Waals surface area (Å²) in [7, 11) is 3.32. The molecule has 0 aromatic carbocycles. The van der Waals surface area contributed by atoms with Gasteiger partial charge >= 0.3 is 62.0 Å². The summed E-state index contributed by atoms with van der Waals surface area (Å²) in [6.07, 6.45) is 0. The van der Waals surface area contributed by atoms with Crippen molar-refractivity contribution in [3.8, 4) is 0 Å². The Morgan fingerprint density at radius 1 is 1.50 bits per heavy atom. The van der Waals surface area contributed by atoms with E-state index in [0.29, 0.717) is 0 Å². The Morgan fingerprint density at radius 3 is 1.50 bits per heavy atom. The van der Waals surface area contributed by atoms with Gasteiger partial charge in [0.2, 0.25) is 0 Å². The maximum absolute atomic E-state index is 8.96. The van der Waals surface area contributed by atoms with Gasteiger partial charge in [0.25, 0.3) is 0 Å². The van der Waals surface area contributed by atoms with E-state index < -0.39 is 12.0 Å². The van der Waals surface area contributed by atoms with Gasteiger partial charge in [-0.15, -0.1) is 0 Å². The summed E-state index contributed by atoms with van der Waals surface area (Å²) in [6, 6.07) is 0.